The molecule has 3 rings (SSSR count). The van der Waals surface area contributed by atoms with E-state index in [2.05, 4.69) is 15.1 Å². The summed E-state index contributed by atoms with van der Waals surface area (Å²) >= 11 is 0. The summed E-state index contributed by atoms with van der Waals surface area (Å²) in [7, 11) is 0. The predicted molar refractivity (Wildman–Crippen MR) is 83.3 cm³/mol. The zero-order chi connectivity index (χ0) is 15.5. The second-order valence-electron chi connectivity index (χ2n) is 5.02. The standard InChI is InChI=1S/C16H16N4O2/c1-11-3-2-4-12(9-11)15-18-16(20(19-15)7-8-21)13-5-6-14(22)17-10-13/h2-6,9-10,21H,7-8H2,1H3,(H,17,22). The largest absolute Gasteiger partial charge is 0.394 e. The van der Waals surface area contributed by atoms with E-state index in [1.807, 2.05) is 31.2 Å². The monoisotopic (exact) mass is 296 g/mol. The molecule has 2 N–H and O–H groups in total. The maximum absolute atomic E-state index is 11.2. The number of H-pyrrole nitrogens is 1. The van der Waals surface area contributed by atoms with Gasteiger partial charge in [-0.3, -0.25) is 4.79 Å². The third-order valence-electron chi connectivity index (χ3n) is 3.30. The van der Waals surface area contributed by atoms with Gasteiger partial charge < -0.3 is 10.1 Å². The first-order valence-corrected chi connectivity index (χ1v) is 6.99. The summed E-state index contributed by atoms with van der Waals surface area (Å²) in [6, 6.07) is 11.1. The molecule has 0 saturated heterocycles. The highest BCUT2D eigenvalue weighted by atomic mass is 16.3. The van der Waals surface area contributed by atoms with E-state index in [0.29, 0.717) is 18.2 Å². The van der Waals surface area contributed by atoms with Gasteiger partial charge in [-0.25, -0.2) is 9.67 Å². The number of nitrogens with zero attached hydrogens (tertiary/aromatic N) is 3. The first-order valence-electron chi connectivity index (χ1n) is 6.99. The Labute approximate surface area is 127 Å². The van der Waals surface area contributed by atoms with Crippen molar-refractivity contribution in [3.05, 3.63) is 58.5 Å². The Morgan fingerprint density at radius 3 is 2.77 bits per heavy atom. The normalized spacial score (nSPS) is 10.8. The molecule has 3 aromatic rings. The third-order valence-corrected chi connectivity index (χ3v) is 3.30. The molecule has 6 nitrogen and oxygen atoms in total. The lowest BCUT2D eigenvalue weighted by Crippen LogP contribution is -2.08. The summed E-state index contributed by atoms with van der Waals surface area (Å²) in [6.45, 7) is 2.32. The van der Waals surface area contributed by atoms with Gasteiger partial charge in [0.2, 0.25) is 5.56 Å². The van der Waals surface area contributed by atoms with Crippen molar-refractivity contribution in [1.82, 2.24) is 19.7 Å². The van der Waals surface area contributed by atoms with Crippen molar-refractivity contribution in [2.45, 2.75) is 13.5 Å². The fourth-order valence-corrected chi connectivity index (χ4v) is 2.26. The van der Waals surface area contributed by atoms with Gasteiger partial charge in [-0.05, 0) is 19.1 Å². The van der Waals surface area contributed by atoms with Gasteiger partial charge in [-0.1, -0.05) is 23.8 Å². The topological polar surface area (TPSA) is 83.8 Å². The molecule has 0 bridgehead atoms. The van der Waals surface area contributed by atoms with Crippen LogP contribution in [-0.4, -0.2) is 31.5 Å². The molecule has 0 radical (unpaired) electrons. The van der Waals surface area contributed by atoms with Crippen LogP contribution in [0.2, 0.25) is 0 Å². The van der Waals surface area contributed by atoms with Crippen LogP contribution in [0.25, 0.3) is 22.8 Å². The van der Waals surface area contributed by atoms with Crippen LogP contribution in [0.1, 0.15) is 5.56 Å². The van der Waals surface area contributed by atoms with E-state index in [-0.39, 0.29) is 12.2 Å². The number of hydrogen-bond acceptors (Lipinski definition) is 4. The van der Waals surface area contributed by atoms with Gasteiger partial charge in [0, 0.05) is 23.4 Å². The Hall–Kier alpha value is -2.73. The lowest BCUT2D eigenvalue weighted by molar-refractivity contribution is 0.270. The third kappa shape index (κ3) is 2.82. The van der Waals surface area contributed by atoms with Crippen LogP contribution in [-0.2, 0) is 6.54 Å². The molecule has 0 aliphatic carbocycles. The van der Waals surface area contributed by atoms with Gasteiger partial charge in [-0.2, -0.15) is 5.10 Å². The van der Waals surface area contributed by atoms with E-state index >= 15 is 0 Å². The lowest BCUT2D eigenvalue weighted by Gasteiger charge is -2.02. The van der Waals surface area contributed by atoms with Crippen LogP contribution >= 0.6 is 0 Å². The van der Waals surface area contributed by atoms with E-state index in [1.54, 1.807) is 16.9 Å². The van der Waals surface area contributed by atoms with Crippen molar-refractivity contribution in [3.63, 3.8) is 0 Å². The van der Waals surface area contributed by atoms with Crippen LogP contribution in [0.4, 0.5) is 0 Å². The van der Waals surface area contributed by atoms with Gasteiger partial charge in [0.05, 0.1) is 13.2 Å². The molecule has 112 valence electrons. The minimum Gasteiger partial charge on any atom is -0.394 e. The average Bonchev–Trinajstić information content (AvgIpc) is 2.92. The van der Waals surface area contributed by atoms with Crippen molar-refractivity contribution in [2.75, 3.05) is 6.61 Å². The van der Waals surface area contributed by atoms with E-state index in [4.69, 9.17) is 0 Å². The second-order valence-corrected chi connectivity index (χ2v) is 5.02. The second kappa shape index (κ2) is 5.95. The van der Waals surface area contributed by atoms with Crippen molar-refractivity contribution >= 4 is 0 Å². The molecular weight excluding hydrogens is 280 g/mol. The first kappa shape index (κ1) is 14.2. The fourth-order valence-electron chi connectivity index (χ4n) is 2.26. The van der Waals surface area contributed by atoms with Crippen LogP contribution in [0.15, 0.2) is 47.4 Å². The number of aliphatic hydroxyl groups is 1. The smallest absolute Gasteiger partial charge is 0.247 e. The zero-order valence-electron chi connectivity index (χ0n) is 12.2. The number of aliphatic hydroxyl groups excluding tert-OH is 1. The first-order chi connectivity index (χ1) is 10.7. The summed E-state index contributed by atoms with van der Waals surface area (Å²) in [5, 5.41) is 13.7. The quantitative estimate of drug-likeness (QED) is 0.766. The summed E-state index contributed by atoms with van der Waals surface area (Å²) in [5.74, 6) is 1.21. The molecule has 2 aromatic heterocycles. The van der Waals surface area contributed by atoms with Crippen LogP contribution in [0, 0.1) is 6.92 Å². The molecule has 0 amide bonds. The fraction of sp³-hybridized carbons (Fsp3) is 0.188. The average molecular weight is 296 g/mol. The number of aromatic nitrogens is 4. The van der Waals surface area contributed by atoms with E-state index < -0.39 is 0 Å². The molecule has 22 heavy (non-hydrogen) atoms. The molecule has 0 aliphatic rings. The van der Waals surface area contributed by atoms with Crippen LogP contribution in [0.3, 0.4) is 0 Å². The van der Waals surface area contributed by atoms with Gasteiger partial charge >= 0.3 is 0 Å². The molecule has 0 aliphatic heterocycles. The number of nitrogens with one attached hydrogen (secondary N) is 1. The molecule has 0 fully saturated rings. The Kier molecular flexibility index (Phi) is 3.84. The minimum absolute atomic E-state index is 0.0348. The molecule has 1 aromatic carbocycles. The Morgan fingerprint density at radius 1 is 1.23 bits per heavy atom. The highest BCUT2D eigenvalue weighted by Crippen LogP contribution is 2.22. The van der Waals surface area contributed by atoms with E-state index in [0.717, 1.165) is 16.7 Å². The molecule has 6 heteroatoms. The number of hydrogen-bond donors (Lipinski definition) is 2. The van der Waals surface area contributed by atoms with Crippen molar-refractivity contribution in [2.24, 2.45) is 0 Å². The lowest BCUT2D eigenvalue weighted by atomic mass is 10.1. The van der Waals surface area contributed by atoms with Crippen molar-refractivity contribution in [1.29, 1.82) is 0 Å². The SMILES string of the molecule is Cc1cccc(-c2nc(-c3ccc(=O)[nH]c3)n(CCO)n2)c1. The molecular formula is C16H16N4O2. The van der Waals surface area contributed by atoms with E-state index in [9.17, 15) is 9.90 Å². The summed E-state index contributed by atoms with van der Waals surface area (Å²) in [6.07, 6.45) is 1.60. The molecule has 0 unspecified atom stereocenters. The molecule has 0 atom stereocenters. The Bertz CT molecular complexity index is 831. The van der Waals surface area contributed by atoms with Gasteiger partial charge in [0.25, 0.3) is 0 Å². The molecule has 2 heterocycles. The van der Waals surface area contributed by atoms with Gasteiger partial charge in [-0.15, -0.1) is 0 Å². The number of rotatable bonds is 4. The highest BCUT2D eigenvalue weighted by molar-refractivity contribution is 5.61. The Balaban J connectivity index is 2.09. The maximum atomic E-state index is 11.2. The number of pyridine rings is 1. The number of aromatic amines is 1. The molecule has 0 spiro atoms. The van der Waals surface area contributed by atoms with Crippen LogP contribution in [0.5, 0.6) is 0 Å². The minimum atomic E-state index is -0.170. The van der Waals surface area contributed by atoms with E-state index in [1.165, 1.54) is 6.07 Å². The molecule has 0 saturated carbocycles. The van der Waals surface area contributed by atoms with Crippen molar-refractivity contribution in [3.8, 4) is 22.8 Å². The highest BCUT2D eigenvalue weighted by Gasteiger charge is 2.13. The number of aryl methyl sites for hydroxylation is 1. The van der Waals surface area contributed by atoms with Crippen LogP contribution < -0.4 is 5.56 Å². The number of benzene rings is 1. The maximum Gasteiger partial charge on any atom is 0.247 e. The zero-order valence-corrected chi connectivity index (χ0v) is 12.2. The van der Waals surface area contributed by atoms with Crippen molar-refractivity contribution < 1.29 is 5.11 Å². The van der Waals surface area contributed by atoms with Gasteiger partial charge in [0.1, 0.15) is 0 Å². The predicted octanol–water partition coefficient (Wildman–Crippen LogP) is 1.60. The Morgan fingerprint density at radius 2 is 2.09 bits per heavy atom. The summed E-state index contributed by atoms with van der Waals surface area (Å²) < 4.78 is 1.64. The summed E-state index contributed by atoms with van der Waals surface area (Å²) in [5.41, 5.74) is 2.62. The summed E-state index contributed by atoms with van der Waals surface area (Å²) in [4.78, 5) is 18.4. The van der Waals surface area contributed by atoms with Gasteiger partial charge in [0.15, 0.2) is 11.6 Å².